The van der Waals surface area contributed by atoms with Gasteiger partial charge >= 0.3 is 0 Å². The van der Waals surface area contributed by atoms with Crippen molar-refractivity contribution in [2.45, 2.75) is 26.9 Å². The van der Waals surface area contributed by atoms with Crippen LogP contribution in [0.15, 0.2) is 133 Å². The molecule has 4 heteroatoms. The summed E-state index contributed by atoms with van der Waals surface area (Å²) in [6.45, 7) is 6.11. The standard InChI is InChI=1S/C40H32N4/c1-3-43-37-11-7-5-9-35(37)41-39(43)30-19-13-27(14-20-30)32-23-17-29-18-24-33(26-34(29)25-32)28-15-21-31(22-16-28)40-42-36-10-6-8-12-38(36)44(40)4-2/h5-26H,3-4H2,1-2H3. The summed E-state index contributed by atoms with van der Waals surface area (Å²) >= 11 is 0. The molecular weight excluding hydrogens is 536 g/mol. The monoisotopic (exact) mass is 568 g/mol. The van der Waals surface area contributed by atoms with Gasteiger partial charge in [-0.1, -0.05) is 97.1 Å². The highest BCUT2D eigenvalue weighted by Crippen LogP contribution is 2.32. The number of para-hydroxylation sites is 4. The smallest absolute Gasteiger partial charge is 0.141 e. The quantitative estimate of drug-likeness (QED) is 0.200. The third kappa shape index (κ3) is 4.38. The summed E-state index contributed by atoms with van der Waals surface area (Å²) < 4.78 is 4.57. The second kappa shape index (κ2) is 10.7. The fraction of sp³-hybridized carbons (Fsp3) is 0.100. The molecule has 0 spiro atoms. The fourth-order valence-electron chi connectivity index (χ4n) is 6.46. The summed E-state index contributed by atoms with van der Waals surface area (Å²) in [5, 5.41) is 2.47. The van der Waals surface area contributed by atoms with Crippen LogP contribution in [0.25, 0.3) is 77.9 Å². The van der Waals surface area contributed by atoms with Gasteiger partial charge in [0.2, 0.25) is 0 Å². The van der Waals surface area contributed by atoms with Crippen molar-refractivity contribution in [1.82, 2.24) is 19.1 Å². The Morgan fingerprint density at radius 1 is 0.409 bits per heavy atom. The molecule has 2 heterocycles. The van der Waals surface area contributed by atoms with Crippen LogP contribution >= 0.6 is 0 Å². The van der Waals surface area contributed by atoms with Crippen molar-refractivity contribution >= 4 is 32.8 Å². The van der Waals surface area contributed by atoms with Crippen LogP contribution in [0.5, 0.6) is 0 Å². The SMILES string of the molecule is CCn1c(-c2ccc(-c3ccc4ccc(-c5ccc(-c6nc7ccccc7n6CC)cc5)cc4c3)cc2)nc2ccccc21. The molecule has 4 nitrogen and oxygen atoms in total. The Labute approximate surface area is 256 Å². The van der Waals surface area contributed by atoms with E-state index in [1.54, 1.807) is 0 Å². The number of aromatic nitrogens is 4. The maximum absolute atomic E-state index is 4.93. The molecule has 0 radical (unpaired) electrons. The van der Waals surface area contributed by atoms with E-state index in [0.717, 1.165) is 46.9 Å². The van der Waals surface area contributed by atoms with Gasteiger partial charge < -0.3 is 9.13 Å². The molecule has 2 aromatic heterocycles. The van der Waals surface area contributed by atoms with E-state index >= 15 is 0 Å². The van der Waals surface area contributed by atoms with Crippen LogP contribution in [0.3, 0.4) is 0 Å². The molecule has 0 aliphatic heterocycles. The molecule has 212 valence electrons. The molecule has 0 saturated carbocycles. The minimum Gasteiger partial charge on any atom is -0.324 e. The first kappa shape index (κ1) is 26.2. The molecule has 0 amide bonds. The van der Waals surface area contributed by atoms with E-state index in [9.17, 15) is 0 Å². The molecule has 0 bridgehead atoms. The molecule has 0 aliphatic carbocycles. The van der Waals surface area contributed by atoms with Gasteiger partial charge in [0.15, 0.2) is 0 Å². The van der Waals surface area contributed by atoms with Gasteiger partial charge in [-0.05, 0) is 83.3 Å². The number of nitrogens with zero attached hydrogens (tertiary/aromatic N) is 4. The molecular formula is C40H32N4. The molecule has 6 aromatic carbocycles. The van der Waals surface area contributed by atoms with E-state index in [2.05, 4.69) is 144 Å². The summed E-state index contributed by atoms with van der Waals surface area (Å²) in [6, 6.07) is 47.8. The van der Waals surface area contributed by atoms with Gasteiger partial charge in [-0.2, -0.15) is 0 Å². The fourth-order valence-corrected chi connectivity index (χ4v) is 6.46. The third-order valence-corrected chi connectivity index (χ3v) is 8.73. The van der Waals surface area contributed by atoms with E-state index in [-0.39, 0.29) is 0 Å². The Balaban J connectivity index is 1.10. The zero-order valence-electron chi connectivity index (χ0n) is 24.9. The maximum atomic E-state index is 4.93. The average molecular weight is 569 g/mol. The molecule has 0 fully saturated rings. The van der Waals surface area contributed by atoms with Crippen molar-refractivity contribution in [3.63, 3.8) is 0 Å². The van der Waals surface area contributed by atoms with E-state index in [0.29, 0.717) is 0 Å². The van der Waals surface area contributed by atoms with Gasteiger partial charge in [0.05, 0.1) is 22.1 Å². The van der Waals surface area contributed by atoms with Crippen LogP contribution in [0.2, 0.25) is 0 Å². The number of imidazole rings is 2. The molecule has 0 saturated heterocycles. The summed E-state index contributed by atoms with van der Waals surface area (Å²) in [5.41, 5.74) is 11.5. The molecule has 0 aliphatic rings. The van der Waals surface area contributed by atoms with Crippen molar-refractivity contribution < 1.29 is 0 Å². The first-order chi connectivity index (χ1) is 21.7. The van der Waals surface area contributed by atoms with Gasteiger partial charge in [-0.25, -0.2) is 9.97 Å². The second-order valence-corrected chi connectivity index (χ2v) is 11.3. The van der Waals surface area contributed by atoms with Crippen LogP contribution in [0.1, 0.15) is 13.8 Å². The van der Waals surface area contributed by atoms with Crippen molar-refractivity contribution in [3.05, 3.63) is 133 Å². The Bertz CT molecular complexity index is 2130. The summed E-state index contributed by atoms with van der Waals surface area (Å²) in [7, 11) is 0. The maximum Gasteiger partial charge on any atom is 0.141 e. The highest BCUT2D eigenvalue weighted by Gasteiger charge is 2.13. The van der Waals surface area contributed by atoms with Gasteiger partial charge in [0, 0.05) is 24.2 Å². The lowest BCUT2D eigenvalue weighted by molar-refractivity contribution is 0.796. The molecule has 0 N–H and O–H groups in total. The molecule has 0 atom stereocenters. The van der Waals surface area contributed by atoms with Crippen LogP contribution in [0, 0.1) is 0 Å². The van der Waals surface area contributed by atoms with Crippen molar-refractivity contribution in [2.75, 3.05) is 0 Å². The summed E-state index contributed by atoms with van der Waals surface area (Å²) in [6.07, 6.45) is 0. The summed E-state index contributed by atoms with van der Waals surface area (Å²) in [4.78, 5) is 9.87. The van der Waals surface area contributed by atoms with Gasteiger partial charge in [-0.15, -0.1) is 0 Å². The zero-order chi connectivity index (χ0) is 29.6. The number of rotatable bonds is 6. The first-order valence-corrected chi connectivity index (χ1v) is 15.4. The molecule has 8 rings (SSSR count). The summed E-state index contributed by atoms with van der Waals surface area (Å²) in [5.74, 6) is 2.03. The normalized spacial score (nSPS) is 11.6. The minimum absolute atomic E-state index is 0.882. The van der Waals surface area contributed by atoms with Crippen molar-refractivity contribution in [3.8, 4) is 45.0 Å². The van der Waals surface area contributed by atoms with Crippen LogP contribution < -0.4 is 0 Å². The van der Waals surface area contributed by atoms with Gasteiger partial charge in [0.25, 0.3) is 0 Å². The highest BCUT2D eigenvalue weighted by molar-refractivity contribution is 5.91. The molecule has 8 aromatic rings. The number of hydrogen-bond donors (Lipinski definition) is 0. The van der Waals surface area contributed by atoms with Gasteiger partial charge in [0.1, 0.15) is 11.6 Å². The number of benzene rings is 6. The predicted molar refractivity (Wildman–Crippen MR) is 184 cm³/mol. The lowest BCUT2D eigenvalue weighted by atomic mass is 9.96. The topological polar surface area (TPSA) is 35.6 Å². The highest BCUT2D eigenvalue weighted by atomic mass is 15.1. The lowest BCUT2D eigenvalue weighted by Gasteiger charge is -2.10. The van der Waals surface area contributed by atoms with Crippen molar-refractivity contribution in [2.24, 2.45) is 0 Å². The Hall–Kier alpha value is -5.48. The minimum atomic E-state index is 0.882. The Morgan fingerprint density at radius 3 is 1.23 bits per heavy atom. The van der Waals surface area contributed by atoms with Crippen LogP contribution in [0.4, 0.5) is 0 Å². The largest absolute Gasteiger partial charge is 0.324 e. The number of aryl methyl sites for hydroxylation is 2. The average Bonchev–Trinajstić information content (AvgIpc) is 3.66. The van der Waals surface area contributed by atoms with E-state index in [1.165, 1.54) is 44.1 Å². The van der Waals surface area contributed by atoms with Crippen molar-refractivity contribution in [1.29, 1.82) is 0 Å². The Morgan fingerprint density at radius 2 is 0.795 bits per heavy atom. The molecule has 0 unspecified atom stereocenters. The molecule has 44 heavy (non-hydrogen) atoms. The van der Waals surface area contributed by atoms with Crippen LogP contribution in [-0.2, 0) is 13.1 Å². The van der Waals surface area contributed by atoms with Gasteiger partial charge in [-0.3, -0.25) is 0 Å². The third-order valence-electron chi connectivity index (χ3n) is 8.73. The van der Waals surface area contributed by atoms with E-state index < -0.39 is 0 Å². The van der Waals surface area contributed by atoms with E-state index in [1.807, 2.05) is 12.1 Å². The lowest BCUT2D eigenvalue weighted by Crippen LogP contribution is -1.97. The Kier molecular flexibility index (Phi) is 6.34. The first-order valence-electron chi connectivity index (χ1n) is 15.4. The predicted octanol–water partition coefficient (Wildman–Crippen LogP) is 10.2. The van der Waals surface area contributed by atoms with E-state index in [4.69, 9.17) is 9.97 Å². The van der Waals surface area contributed by atoms with Crippen LogP contribution in [-0.4, -0.2) is 19.1 Å². The number of fused-ring (bicyclic) bond motifs is 3. The zero-order valence-corrected chi connectivity index (χ0v) is 24.9. The number of hydrogen-bond acceptors (Lipinski definition) is 2. The second-order valence-electron chi connectivity index (χ2n) is 11.3.